The van der Waals surface area contributed by atoms with Gasteiger partial charge in [-0.2, -0.15) is 4.99 Å². The van der Waals surface area contributed by atoms with Crippen LogP contribution in [0.4, 0.5) is 14.5 Å². The van der Waals surface area contributed by atoms with Gasteiger partial charge in [-0.1, -0.05) is 36.1 Å². The van der Waals surface area contributed by atoms with E-state index >= 15 is 0 Å². The minimum Gasteiger partial charge on any atom is -0.204 e. The van der Waals surface area contributed by atoms with E-state index in [1.54, 1.807) is 0 Å². The number of thiocarbonyl (C=S) groups is 1. The Bertz CT molecular complexity index is 1020. The number of hydrogen-bond acceptors (Lipinski definition) is 2. The molecule has 0 spiro atoms. The number of nitrogens with zero attached hydrogens (tertiary/aromatic N) is 1. The quantitative estimate of drug-likeness (QED) is 0.219. The molecule has 0 saturated heterocycles. The van der Waals surface area contributed by atoms with Gasteiger partial charge in [0.25, 0.3) is 0 Å². The van der Waals surface area contributed by atoms with Crippen LogP contribution in [0.25, 0.3) is 0 Å². The molecule has 2 saturated carbocycles. The molecular weight excluding hydrogens is 396 g/mol. The van der Waals surface area contributed by atoms with E-state index in [9.17, 15) is 8.78 Å². The summed E-state index contributed by atoms with van der Waals surface area (Å²) in [6.07, 6.45) is 12.6. The first-order valence-corrected chi connectivity index (χ1v) is 10.9. The van der Waals surface area contributed by atoms with Gasteiger partial charge in [-0.3, -0.25) is 0 Å². The minimum atomic E-state index is -0.797. The second-order valence-corrected chi connectivity index (χ2v) is 8.38. The Kier molecular flexibility index (Phi) is 6.53. The normalized spacial score (nSPS) is 21.0. The smallest absolute Gasteiger partial charge is 0.153 e. The van der Waals surface area contributed by atoms with Crippen molar-refractivity contribution < 1.29 is 8.78 Å². The van der Waals surface area contributed by atoms with E-state index in [1.807, 2.05) is 17.3 Å². The molecule has 2 aliphatic rings. The molecule has 152 valence electrons. The standard InChI is InChI=1S/C26H23F2NS/c27-24-15-21(16-25(28)26(24)29-17-30)6-5-20-9-13-23(14-10-20)22-11-7-19(8-12-22)4-3-18-1-2-18/h3-4,9-10,13-16,18-19,22H,1-2,7-8,11-12H2/b4-3+. The fourth-order valence-electron chi connectivity index (χ4n) is 4.02. The van der Waals surface area contributed by atoms with Crippen molar-refractivity contribution in [2.24, 2.45) is 16.8 Å². The van der Waals surface area contributed by atoms with Gasteiger partial charge in [0.1, 0.15) is 5.69 Å². The molecular formula is C26H23F2NS. The minimum absolute atomic E-state index is 0.259. The van der Waals surface area contributed by atoms with Crippen molar-refractivity contribution in [2.45, 2.75) is 44.4 Å². The number of halogens is 2. The summed E-state index contributed by atoms with van der Waals surface area (Å²) in [4.78, 5) is 3.41. The number of aliphatic imine (C=N–C) groups is 1. The third-order valence-corrected chi connectivity index (χ3v) is 6.05. The maximum atomic E-state index is 13.9. The molecule has 0 N–H and O–H groups in total. The average molecular weight is 420 g/mol. The molecule has 0 radical (unpaired) electrons. The topological polar surface area (TPSA) is 12.4 Å². The van der Waals surface area contributed by atoms with Gasteiger partial charge in [0, 0.05) is 11.1 Å². The number of allylic oxidation sites excluding steroid dienone is 2. The summed E-state index contributed by atoms with van der Waals surface area (Å²) in [6.45, 7) is 0. The maximum absolute atomic E-state index is 13.9. The van der Waals surface area contributed by atoms with Gasteiger partial charge in [0.15, 0.2) is 11.6 Å². The van der Waals surface area contributed by atoms with Crippen LogP contribution in [-0.4, -0.2) is 5.16 Å². The molecule has 0 aromatic heterocycles. The van der Waals surface area contributed by atoms with Crippen LogP contribution in [0.2, 0.25) is 0 Å². The third-order valence-electron chi connectivity index (χ3n) is 5.96. The van der Waals surface area contributed by atoms with E-state index < -0.39 is 17.3 Å². The summed E-state index contributed by atoms with van der Waals surface area (Å²) >= 11 is 4.41. The van der Waals surface area contributed by atoms with Crippen molar-refractivity contribution in [3.63, 3.8) is 0 Å². The summed E-state index contributed by atoms with van der Waals surface area (Å²) < 4.78 is 27.8. The zero-order valence-corrected chi connectivity index (χ0v) is 17.5. The SMILES string of the molecule is Fc1cc(C#Cc2ccc(C3CCC(/C=C/C4CC4)CC3)cc2)cc(F)c1N=C=S. The Labute approximate surface area is 181 Å². The van der Waals surface area contributed by atoms with Crippen LogP contribution in [0.3, 0.4) is 0 Å². The van der Waals surface area contributed by atoms with Gasteiger partial charge in [0.2, 0.25) is 0 Å². The Balaban J connectivity index is 1.38. The summed E-state index contributed by atoms with van der Waals surface area (Å²) in [5.74, 6) is 6.42. The Morgan fingerprint density at radius 2 is 1.33 bits per heavy atom. The van der Waals surface area contributed by atoms with E-state index in [1.165, 1.54) is 44.1 Å². The number of isothiocyanates is 1. The molecule has 30 heavy (non-hydrogen) atoms. The molecule has 0 aliphatic heterocycles. The average Bonchev–Trinajstić information content (AvgIpc) is 3.59. The highest BCUT2D eigenvalue weighted by Crippen LogP contribution is 2.38. The van der Waals surface area contributed by atoms with Gasteiger partial charge in [-0.25, -0.2) is 8.78 Å². The third kappa shape index (κ3) is 5.30. The molecule has 0 unspecified atom stereocenters. The lowest BCUT2D eigenvalue weighted by Gasteiger charge is -2.27. The molecule has 0 amide bonds. The van der Waals surface area contributed by atoms with Crippen LogP contribution >= 0.6 is 12.2 Å². The van der Waals surface area contributed by atoms with E-state index in [2.05, 4.69) is 53.3 Å². The van der Waals surface area contributed by atoms with Crippen molar-refractivity contribution in [3.8, 4) is 11.8 Å². The molecule has 0 atom stereocenters. The number of hydrogen-bond donors (Lipinski definition) is 0. The zero-order chi connectivity index (χ0) is 20.9. The summed E-state index contributed by atoms with van der Waals surface area (Å²) in [6, 6.07) is 10.6. The van der Waals surface area contributed by atoms with Crippen LogP contribution in [0, 0.1) is 35.3 Å². The van der Waals surface area contributed by atoms with Crippen molar-refractivity contribution >= 4 is 23.1 Å². The maximum Gasteiger partial charge on any atom is 0.153 e. The van der Waals surface area contributed by atoms with Gasteiger partial charge in [-0.05, 0) is 98.3 Å². The summed E-state index contributed by atoms with van der Waals surface area (Å²) in [7, 11) is 0. The fourth-order valence-corrected chi connectivity index (χ4v) is 4.11. The monoisotopic (exact) mass is 419 g/mol. The second kappa shape index (κ2) is 9.47. The fraction of sp³-hybridized carbons (Fsp3) is 0.346. The van der Waals surface area contributed by atoms with Crippen molar-refractivity contribution in [1.82, 2.24) is 0 Å². The van der Waals surface area contributed by atoms with Gasteiger partial charge in [0.05, 0.1) is 5.16 Å². The molecule has 2 aromatic carbocycles. The zero-order valence-electron chi connectivity index (χ0n) is 16.7. The van der Waals surface area contributed by atoms with Gasteiger partial charge < -0.3 is 0 Å². The van der Waals surface area contributed by atoms with E-state index in [-0.39, 0.29) is 5.56 Å². The Hall–Kier alpha value is -2.60. The first-order chi connectivity index (χ1) is 14.6. The number of benzene rings is 2. The lowest BCUT2D eigenvalue weighted by molar-refractivity contribution is 0.375. The van der Waals surface area contributed by atoms with Crippen LogP contribution in [0.5, 0.6) is 0 Å². The van der Waals surface area contributed by atoms with Gasteiger partial charge >= 0.3 is 0 Å². The molecule has 2 aliphatic carbocycles. The molecule has 0 heterocycles. The number of rotatable bonds is 4. The van der Waals surface area contributed by atoms with E-state index in [4.69, 9.17) is 0 Å². The molecule has 2 aromatic rings. The highest BCUT2D eigenvalue weighted by atomic mass is 32.1. The molecule has 4 heteroatoms. The predicted molar refractivity (Wildman–Crippen MR) is 120 cm³/mol. The largest absolute Gasteiger partial charge is 0.204 e. The van der Waals surface area contributed by atoms with E-state index in [0.29, 0.717) is 5.92 Å². The van der Waals surface area contributed by atoms with Crippen LogP contribution < -0.4 is 0 Å². The molecule has 1 nitrogen and oxygen atoms in total. The lowest BCUT2D eigenvalue weighted by Crippen LogP contribution is -2.11. The van der Waals surface area contributed by atoms with Crippen molar-refractivity contribution in [1.29, 1.82) is 0 Å². The lowest BCUT2D eigenvalue weighted by atomic mass is 9.78. The Morgan fingerprint density at radius 1 is 0.800 bits per heavy atom. The highest BCUT2D eigenvalue weighted by molar-refractivity contribution is 7.78. The molecule has 4 rings (SSSR count). The van der Waals surface area contributed by atoms with Crippen molar-refractivity contribution in [2.75, 3.05) is 0 Å². The summed E-state index contributed by atoms with van der Waals surface area (Å²) in [5, 5.41) is 1.98. The Morgan fingerprint density at radius 3 is 1.87 bits per heavy atom. The molecule has 2 fully saturated rings. The van der Waals surface area contributed by atoms with Crippen molar-refractivity contribution in [3.05, 3.63) is 76.9 Å². The first-order valence-electron chi connectivity index (χ1n) is 10.5. The van der Waals surface area contributed by atoms with Gasteiger partial charge in [-0.15, -0.1) is 0 Å². The highest BCUT2D eigenvalue weighted by Gasteiger charge is 2.22. The van der Waals surface area contributed by atoms with Crippen LogP contribution in [0.1, 0.15) is 61.1 Å². The van der Waals surface area contributed by atoms with E-state index in [0.717, 1.165) is 29.5 Å². The summed E-state index contributed by atoms with van der Waals surface area (Å²) in [5.41, 5.74) is 2.00. The van der Waals surface area contributed by atoms with Crippen LogP contribution in [0.15, 0.2) is 53.5 Å². The second-order valence-electron chi connectivity index (χ2n) is 8.20. The predicted octanol–water partition coefficient (Wildman–Crippen LogP) is 7.34. The molecule has 0 bridgehead atoms. The van der Waals surface area contributed by atoms with Crippen LogP contribution in [-0.2, 0) is 0 Å². The first kappa shape index (κ1) is 20.7.